The van der Waals surface area contributed by atoms with E-state index in [1.54, 1.807) is 13.0 Å². The Morgan fingerprint density at radius 3 is 2.67 bits per heavy atom. The van der Waals surface area contributed by atoms with E-state index in [9.17, 15) is 9.59 Å². The van der Waals surface area contributed by atoms with Crippen LogP contribution in [-0.2, 0) is 9.53 Å². The number of amides is 2. The highest BCUT2D eigenvalue weighted by atomic mass is 32.1. The second-order valence-electron chi connectivity index (χ2n) is 10.3. The summed E-state index contributed by atoms with van der Waals surface area (Å²) < 4.78 is 11.3. The van der Waals surface area contributed by atoms with Gasteiger partial charge in [0.25, 0.3) is 0 Å². The maximum atomic E-state index is 13.0. The van der Waals surface area contributed by atoms with Crippen molar-refractivity contribution in [1.82, 2.24) is 30.1 Å². The van der Waals surface area contributed by atoms with Crippen molar-refractivity contribution < 1.29 is 19.1 Å². The lowest BCUT2D eigenvalue weighted by Gasteiger charge is -2.39. The third-order valence-electron chi connectivity index (χ3n) is 5.78. The van der Waals surface area contributed by atoms with E-state index < -0.39 is 17.7 Å². The van der Waals surface area contributed by atoms with Crippen molar-refractivity contribution in [3.05, 3.63) is 48.4 Å². The van der Waals surface area contributed by atoms with Crippen LogP contribution >= 0.6 is 11.3 Å². The number of aromatic nitrogens is 3. The van der Waals surface area contributed by atoms with Crippen LogP contribution in [0.15, 0.2) is 42.6 Å². The lowest BCUT2D eigenvalue weighted by Crippen LogP contribution is -2.60. The molecule has 12 heteroatoms. The summed E-state index contributed by atoms with van der Waals surface area (Å²) in [5, 5.41) is 6.79. The molecule has 1 aromatic carbocycles. The Labute approximate surface area is 232 Å². The molecule has 1 saturated heterocycles. The van der Waals surface area contributed by atoms with E-state index in [2.05, 4.69) is 25.6 Å². The Balaban J connectivity index is 1.30. The monoisotopic (exact) mass is 553 g/mol. The van der Waals surface area contributed by atoms with E-state index in [0.29, 0.717) is 42.3 Å². The number of likely N-dealkylation sites (N-methyl/N-ethyl adjacent to an activating group) is 1. The Morgan fingerprint density at radius 1 is 1.15 bits per heavy atom. The van der Waals surface area contributed by atoms with E-state index in [1.165, 1.54) is 16.2 Å². The van der Waals surface area contributed by atoms with Crippen LogP contribution in [-0.4, -0.2) is 88.2 Å². The Kier molecular flexibility index (Phi) is 8.97. The van der Waals surface area contributed by atoms with Gasteiger partial charge in [0.1, 0.15) is 29.9 Å². The molecule has 2 amide bonds. The van der Waals surface area contributed by atoms with Crippen molar-refractivity contribution in [1.29, 1.82) is 0 Å². The molecule has 0 bridgehead atoms. The first-order chi connectivity index (χ1) is 18.6. The molecule has 3 heterocycles. The molecule has 0 saturated carbocycles. The number of piperazine rings is 1. The zero-order chi connectivity index (χ0) is 28.0. The summed E-state index contributed by atoms with van der Waals surface area (Å²) in [7, 11) is 1.92. The number of thiazole rings is 1. The average Bonchev–Trinajstić information content (AvgIpc) is 3.34. The number of anilines is 2. The Bertz CT molecular complexity index is 1280. The SMILES string of the molecule is Cc1nc(Nc2ncc(-c3ccccc3)s2)cc(OCCNC(=O)[C@@H]2CN(C)CCN2C(=O)OC(C)(C)C)n1. The van der Waals surface area contributed by atoms with Gasteiger partial charge in [0.15, 0.2) is 5.13 Å². The molecule has 1 fully saturated rings. The molecule has 2 aromatic heterocycles. The number of aryl methyl sites for hydroxylation is 1. The number of carbonyl (C=O) groups is 2. The van der Waals surface area contributed by atoms with Crippen LogP contribution < -0.4 is 15.4 Å². The summed E-state index contributed by atoms with van der Waals surface area (Å²) >= 11 is 1.52. The first-order valence-electron chi connectivity index (χ1n) is 12.8. The molecule has 2 N–H and O–H groups in total. The minimum absolute atomic E-state index is 0.200. The molecular formula is C27H35N7O4S. The highest BCUT2D eigenvalue weighted by molar-refractivity contribution is 7.18. The second-order valence-corrected chi connectivity index (χ2v) is 11.3. The normalized spacial score (nSPS) is 16.0. The molecule has 1 aliphatic heterocycles. The van der Waals surface area contributed by atoms with Crippen LogP contribution in [0.25, 0.3) is 10.4 Å². The second kappa shape index (κ2) is 12.4. The molecule has 208 valence electrons. The van der Waals surface area contributed by atoms with Gasteiger partial charge in [0.05, 0.1) is 11.4 Å². The van der Waals surface area contributed by atoms with Gasteiger partial charge in [0.2, 0.25) is 11.8 Å². The van der Waals surface area contributed by atoms with E-state index in [4.69, 9.17) is 9.47 Å². The van der Waals surface area contributed by atoms with Gasteiger partial charge >= 0.3 is 6.09 Å². The van der Waals surface area contributed by atoms with E-state index in [1.807, 2.05) is 69.2 Å². The number of hydrogen-bond acceptors (Lipinski definition) is 10. The number of ether oxygens (including phenoxy) is 2. The lowest BCUT2D eigenvalue weighted by molar-refractivity contribution is -0.128. The number of nitrogens with zero attached hydrogens (tertiary/aromatic N) is 5. The summed E-state index contributed by atoms with van der Waals surface area (Å²) in [4.78, 5) is 43.4. The first-order valence-corrected chi connectivity index (χ1v) is 13.6. The third-order valence-corrected chi connectivity index (χ3v) is 6.74. The van der Waals surface area contributed by atoms with Gasteiger partial charge < -0.3 is 25.0 Å². The van der Waals surface area contributed by atoms with Crippen LogP contribution in [0.2, 0.25) is 0 Å². The summed E-state index contributed by atoms with van der Waals surface area (Å²) in [5.41, 5.74) is 0.463. The van der Waals surface area contributed by atoms with Gasteiger partial charge in [-0.1, -0.05) is 41.7 Å². The first kappa shape index (κ1) is 28.2. The van der Waals surface area contributed by atoms with Crippen LogP contribution in [0.5, 0.6) is 5.88 Å². The average molecular weight is 554 g/mol. The standard InChI is InChI=1S/C27H35N7O4S/c1-18-30-22(32-25-29-16-21(39-25)19-9-7-6-8-10-19)15-23(31-18)37-14-11-28-24(35)20-17-33(5)12-13-34(20)26(36)38-27(2,3)4/h6-10,15-16,20H,11-14,17H2,1-5H3,(H,28,35)(H,29,30,31,32)/t20-/m0/s1. The predicted molar refractivity (Wildman–Crippen MR) is 150 cm³/mol. The van der Waals surface area contributed by atoms with E-state index in [0.717, 1.165) is 10.4 Å². The molecule has 0 spiro atoms. The van der Waals surface area contributed by atoms with Crippen LogP contribution in [0, 0.1) is 6.92 Å². The molecule has 3 aromatic rings. The highest BCUT2D eigenvalue weighted by Crippen LogP contribution is 2.30. The van der Waals surface area contributed by atoms with Gasteiger partial charge in [-0.25, -0.2) is 14.8 Å². The van der Waals surface area contributed by atoms with Crippen LogP contribution in [0.4, 0.5) is 15.7 Å². The van der Waals surface area contributed by atoms with Crippen LogP contribution in [0.3, 0.4) is 0 Å². The Hall–Kier alpha value is -3.77. The van der Waals surface area contributed by atoms with Crippen molar-refractivity contribution in [3.8, 4) is 16.3 Å². The Morgan fingerprint density at radius 2 is 1.92 bits per heavy atom. The number of carbonyl (C=O) groups excluding carboxylic acids is 2. The fourth-order valence-corrected chi connectivity index (χ4v) is 4.81. The fourth-order valence-electron chi connectivity index (χ4n) is 3.99. The highest BCUT2D eigenvalue weighted by Gasteiger charge is 2.36. The topological polar surface area (TPSA) is 122 Å². The van der Waals surface area contributed by atoms with Gasteiger partial charge in [-0.05, 0) is 40.3 Å². The summed E-state index contributed by atoms with van der Waals surface area (Å²) in [6.45, 7) is 9.17. The van der Waals surface area contributed by atoms with E-state index in [-0.39, 0.29) is 19.1 Å². The molecule has 0 aliphatic carbocycles. The maximum absolute atomic E-state index is 13.0. The van der Waals surface area contributed by atoms with Gasteiger partial charge in [-0.3, -0.25) is 9.69 Å². The number of benzene rings is 1. The van der Waals surface area contributed by atoms with E-state index >= 15 is 0 Å². The quantitative estimate of drug-likeness (QED) is 0.402. The third kappa shape index (κ3) is 8.11. The largest absolute Gasteiger partial charge is 0.476 e. The van der Waals surface area contributed by atoms with Crippen molar-refractivity contribution in [2.45, 2.75) is 39.3 Å². The molecule has 4 rings (SSSR count). The summed E-state index contributed by atoms with van der Waals surface area (Å²) in [5.74, 6) is 1.23. The lowest BCUT2D eigenvalue weighted by atomic mass is 10.1. The van der Waals surface area contributed by atoms with Crippen molar-refractivity contribution in [2.75, 3.05) is 45.2 Å². The van der Waals surface area contributed by atoms with Crippen molar-refractivity contribution in [3.63, 3.8) is 0 Å². The zero-order valence-corrected chi connectivity index (χ0v) is 23.7. The molecule has 39 heavy (non-hydrogen) atoms. The number of rotatable bonds is 8. The smallest absolute Gasteiger partial charge is 0.411 e. The fraction of sp³-hybridized carbons (Fsp3) is 0.444. The molecule has 0 radical (unpaired) electrons. The molecule has 11 nitrogen and oxygen atoms in total. The zero-order valence-electron chi connectivity index (χ0n) is 22.9. The van der Waals surface area contributed by atoms with Crippen molar-refractivity contribution >= 4 is 34.3 Å². The minimum atomic E-state index is -0.644. The van der Waals surface area contributed by atoms with Crippen LogP contribution in [0.1, 0.15) is 26.6 Å². The van der Waals surface area contributed by atoms with Gasteiger partial charge in [-0.2, -0.15) is 4.98 Å². The van der Waals surface area contributed by atoms with Gasteiger partial charge in [-0.15, -0.1) is 0 Å². The molecule has 0 unspecified atom stereocenters. The molecular weight excluding hydrogens is 518 g/mol. The van der Waals surface area contributed by atoms with Gasteiger partial charge in [0, 0.05) is 31.9 Å². The predicted octanol–water partition coefficient (Wildman–Crippen LogP) is 3.70. The molecule has 1 aliphatic rings. The maximum Gasteiger partial charge on any atom is 0.411 e. The minimum Gasteiger partial charge on any atom is -0.476 e. The number of hydrogen-bond donors (Lipinski definition) is 2. The summed E-state index contributed by atoms with van der Waals surface area (Å²) in [6, 6.07) is 11.1. The molecule has 1 atom stereocenters. The summed E-state index contributed by atoms with van der Waals surface area (Å²) in [6.07, 6.45) is 1.34. The van der Waals surface area contributed by atoms with Crippen molar-refractivity contribution in [2.24, 2.45) is 0 Å². The number of nitrogens with one attached hydrogen (secondary N) is 2.